The lowest BCUT2D eigenvalue weighted by molar-refractivity contribution is 0.160. The maximum absolute atomic E-state index is 8.75. The zero-order valence-electron chi connectivity index (χ0n) is 9.33. The highest BCUT2D eigenvalue weighted by Crippen LogP contribution is 2.42. The van der Waals surface area contributed by atoms with Crippen LogP contribution in [-0.4, -0.2) is 26.5 Å². The summed E-state index contributed by atoms with van der Waals surface area (Å²) in [5.74, 6) is 1.42. The molecule has 0 atom stereocenters. The second-order valence-corrected chi connectivity index (χ2v) is 3.32. The van der Waals surface area contributed by atoms with Crippen LogP contribution >= 0.6 is 11.6 Å². The average Bonchev–Trinajstić information content (AvgIpc) is 2.31. The van der Waals surface area contributed by atoms with Crippen LogP contribution in [0.25, 0.3) is 0 Å². The summed E-state index contributed by atoms with van der Waals surface area (Å²) in [5.41, 5.74) is 2.60. The molecule has 0 heterocycles. The van der Waals surface area contributed by atoms with Crippen LogP contribution in [0.2, 0.25) is 5.02 Å². The van der Waals surface area contributed by atoms with Gasteiger partial charge in [-0.25, -0.2) is 5.48 Å². The van der Waals surface area contributed by atoms with Gasteiger partial charge < -0.3 is 19.4 Å². The summed E-state index contributed by atoms with van der Waals surface area (Å²) in [6.07, 6.45) is 0. The van der Waals surface area contributed by atoms with Crippen molar-refractivity contribution >= 4 is 11.6 Å². The Hall–Kier alpha value is -1.17. The summed E-state index contributed by atoms with van der Waals surface area (Å²) in [6.45, 7) is 0.134. The molecule has 0 spiro atoms. The predicted molar refractivity (Wildman–Crippen MR) is 59.7 cm³/mol. The third kappa shape index (κ3) is 2.32. The molecule has 5 nitrogen and oxygen atoms in total. The summed E-state index contributed by atoms with van der Waals surface area (Å²) < 4.78 is 15.4. The van der Waals surface area contributed by atoms with E-state index in [1.807, 2.05) is 5.48 Å². The monoisotopic (exact) mass is 247 g/mol. The molecule has 0 bridgehead atoms. The number of rotatable bonds is 5. The van der Waals surface area contributed by atoms with E-state index in [2.05, 4.69) is 0 Å². The van der Waals surface area contributed by atoms with E-state index in [-0.39, 0.29) is 6.54 Å². The van der Waals surface area contributed by atoms with E-state index in [4.69, 9.17) is 31.0 Å². The summed E-state index contributed by atoms with van der Waals surface area (Å²) in [4.78, 5) is 0. The quantitative estimate of drug-likeness (QED) is 0.778. The van der Waals surface area contributed by atoms with Gasteiger partial charge >= 0.3 is 0 Å². The third-order valence-corrected chi connectivity index (χ3v) is 2.56. The molecule has 0 aliphatic carbocycles. The van der Waals surface area contributed by atoms with Gasteiger partial charge in [-0.05, 0) is 0 Å². The lowest BCUT2D eigenvalue weighted by Crippen LogP contribution is -2.09. The molecule has 0 aromatic heterocycles. The summed E-state index contributed by atoms with van der Waals surface area (Å²) >= 11 is 6.09. The van der Waals surface area contributed by atoms with E-state index in [1.165, 1.54) is 21.3 Å². The Kier molecular flexibility index (Phi) is 4.67. The lowest BCUT2D eigenvalue weighted by atomic mass is 10.1. The smallest absolute Gasteiger partial charge is 0.167 e. The van der Waals surface area contributed by atoms with Crippen molar-refractivity contribution in [2.45, 2.75) is 6.54 Å². The van der Waals surface area contributed by atoms with Gasteiger partial charge in [0.05, 0.1) is 32.9 Å². The molecule has 0 aliphatic heterocycles. The first kappa shape index (κ1) is 12.9. The van der Waals surface area contributed by atoms with Crippen LogP contribution in [-0.2, 0) is 6.54 Å². The van der Waals surface area contributed by atoms with Crippen LogP contribution in [0.1, 0.15) is 5.56 Å². The van der Waals surface area contributed by atoms with Gasteiger partial charge in [-0.3, -0.25) is 0 Å². The fraction of sp³-hybridized carbons (Fsp3) is 0.400. The van der Waals surface area contributed by atoms with Crippen LogP contribution in [0.5, 0.6) is 17.2 Å². The van der Waals surface area contributed by atoms with Crippen molar-refractivity contribution in [1.29, 1.82) is 0 Å². The summed E-state index contributed by atoms with van der Waals surface area (Å²) in [5, 5.41) is 9.12. The van der Waals surface area contributed by atoms with E-state index in [9.17, 15) is 0 Å². The van der Waals surface area contributed by atoms with Gasteiger partial charge in [0.25, 0.3) is 0 Å². The molecule has 1 rings (SSSR count). The first-order valence-electron chi connectivity index (χ1n) is 4.53. The van der Waals surface area contributed by atoms with Crippen LogP contribution in [0, 0.1) is 0 Å². The molecule has 2 N–H and O–H groups in total. The molecule has 1 aromatic carbocycles. The zero-order valence-corrected chi connectivity index (χ0v) is 10.1. The standard InChI is InChI=1S/C10H14ClNO4/c1-14-7-4-8(15-2)10(16-3)6(5-12-13)9(7)11/h4,12-13H,5H2,1-3H3. The van der Waals surface area contributed by atoms with Crippen LogP contribution in [0.15, 0.2) is 6.07 Å². The molecule has 0 aliphatic rings. The second-order valence-electron chi connectivity index (χ2n) is 2.94. The number of benzene rings is 1. The summed E-state index contributed by atoms with van der Waals surface area (Å²) in [7, 11) is 4.52. The van der Waals surface area contributed by atoms with Crippen molar-refractivity contribution in [3.8, 4) is 17.2 Å². The van der Waals surface area contributed by atoms with E-state index in [0.29, 0.717) is 27.8 Å². The number of hydrogen-bond acceptors (Lipinski definition) is 5. The van der Waals surface area contributed by atoms with E-state index in [1.54, 1.807) is 6.07 Å². The normalized spacial score (nSPS) is 10.1. The minimum Gasteiger partial charge on any atom is -0.495 e. The molecule has 1 aromatic rings. The molecular weight excluding hydrogens is 234 g/mol. The Bertz CT molecular complexity index is 370. The number of hydrogen-bond donors (Lipinski definition) is 2. The molecule has 6 heteroatoms. The maximum Gasteiger partial charge on any atom is 0.167 e. The van der Waals surface area contributed by atoms with Crippen molar-refractivity contribution in [3.63, 3.8) is 0 Å². The first-order valence-corrected chi connectivity index (χ1v) is 4.91. The number of halogens is 1. The SMILES string of the molecule is COc1cc(OC)c(OC)c(CNO)c1Cl. The van der Waals surface area contributed by atoms with Crippen molar-refractivity contribution in [2.75, 3.05) is 21.3 Å². The Labute approximate surface area is 98.8 Å². The van der Waals surface area contributed by atoms with Gasteiger partial charge in [0.1, 0.15) is 5.75 Å². The largest absolute Gasteiger partial charge is 0.495 e. The third-order valence-electron chi connectivity index (χ3n) is 2.14. The zero-order chi connectivity index (χ0) is 12.1. The molecule has 0 fully saturated rings. The highest BCUT2D eigenvalue weighted by atomic mass is 35.5. The van der Waals surface area contributed by atoms with Gasteiger partial charge in [0.2, 0.25) is 0 Å². The Morgan fingerprint density at radius 1 is 1.19 bits per heavy atom. The van der Waals surface area contributed by atoms with E-state index in [0.717, 1.165) is 0 Å². The number of hydroxylamine groups is 1. The fourth-order valence-corrected chi connectivity index (χ4v) is 1.69. The summed E-state index contributed by atoms with van der Waals surface area (Å²) in [6, 6.07) is 1.63. The Morgan fingerprint density at radius 3 is 2.25 bits per heavy atom. The number of ether oxygens (including phenoxy) is 3. The molecule has 0 amide bonds. The fourth-order valence-electron chi connectivity index (χ4n) is 1.41. The molecule has 0 saturated heterocycles. The molecule has 90 valence electrons. The van der Waals surface area contributed by atoms with Gasteiger partial charge in [0, 0.05) is 11.6 Å². The first-order chi connectivity index (χ1) is 7.69. The Balaban J connectivity index is 3.38. The molecule has 0 unspecified atom stereocenters. The topological polar surface area (TPSA) is 60.0 Å². The van der Waals surface area contributed by atoms with Gasteiger partial charge in [-0.15, -0.1) is 0 Å². The number of methoxy groups -OCH3 is 3. The molecule has 0 radical (unpaired) electrons. The minimum absolute atomic E-state index is 0.134. The van der Waals surface area contributed by atoms with Crippen LogP contribution < -0.4 is 19.7 Å². The van der Waals surface area contributed by atoms with Gasteiger partial charge in [-0.1, -0.05) is 11.6 Å². The van der Waals surface area contributed by atoms with Crippen molar-refractivity contribution < 1.29 is 19.4 Å². The van der Waals surface area contributed by atoms with Crippen LogP contribution in [0.4, 0.5) is 0 Å². The van der Waals surface area contributed by atoms with Crippen molar-refractivity contribution in [2.24, 2.45) is 0 Å². The lowest BCUT2D eigenvalue weighted by Gasteiger charge is -2.16. The minimum atomic E-state index is 0.134. The highest BCUT2D eigenvalue weighted by Gasteiger charge is 2.18. The molecule has 16 heavy (non-hydrogen) atoms. The van der Waals surface area contributed by atoms with E-state index < -0.39 is 0 Å². The Morgan fingerprint density at radius 2 is 1.81 bits per heavy atom. The second kappa shape index (κ2) is 5.79. The molecule has 0 saturated carbocycles. The maximum atomic E-state index is 8.75. The average molecular weight is 248 g/mol. The highest BCUT2D eigenvalue weighted by molar-refractivity contribution is 6.33. The number of nitrogens with one attached hydrogen (secondary N) is 1. The van der Waals surface area contributed by atoms with Crippen molar-refractivity contribution in [3.05, 3.63) is 16.7 Å². The van der Waals surface area contributed by atoms with E-state index >= 15 is 0 Å². The van der Waals surface area contributed by atoms with Gasteiger partial charge in [0.15, 0.2) is 11.5 Å². The molecular formula is C10H14ClNO4. The predicted octanol–water partition coefficient (Wildman–Crippen LogP) is 1.84. The van der Waals surface area contributed by atoms with Gasteiger partial charge in [-0.2, -0.15) is 0 Å². The van der Waals surface area contributed by atoms with Crippen molar-refractivity contribution in [1.82, 2.24) is 5.48 Å². The van der Waals surface area contributed by atoms with Crippen LogP contribution in [0.3, 0.4) is 0 Å².